The van der Waals surface area contributed by atoms with E-state index in [1.54, 1.807) is 12.1 Å². The molecule has 0 bridgehead atoms. The van der Waals surface area contributed by atoms with E-state index in [-0.39, 0.29) is 0 Å². The van der Waals surface area contributed by atoms with Crippen LogP contribution in [0.2, 0.25) is 5.02 Å². The predicted molar refractivity (Wildman–Crippen MR) is 88.9 cm³/mol. The molecule has 0 aliphatic heterocycles. The van der Waals surface area contributed by atoms with Gasteiger partial charge in [-0.15, -0.1) is 0 Å². The van der Waals surface area contributed by atoms with E-state index in [4.69, 9.17) is 11.6 Å². The van der Waals surface area contributed by atoms with Crippen molar-refractivity contribution in [3.05, 3.63) is 57.5 Å². The van der Waals surface area contributed by atoms with Crippen molar-refractivity contribution in [2.75, 3.05) is 17.7 Å². The first-order valence-corrected chi connectivity index (χ1v) is 7.38. The molecule has 2 rings (SSSR count). The Morgan fingerprint density at radius 3 is 2.48 bits per heavy atom. The van der Waals surface area contributed by atoms with Gasteiger partial charge in [0.25, 0.3) is 0 Å². The zero-order valence-electron chi connectivity index (χ0n) is 11.3. The first-order chi connectivity index (χ1) is 10.1. The molecule has 2 N–H and O–H groups in total. The summed E-state index contributed by atoms with van der Waals surface area (Å²) in [6.07, 6.45) is -0.489. The monoisotopic (exact) mass is 368 g/mol. The Morgan fingerprint density at radius 1 is 1.19 bits per heavy atom. The molecule has 2 aromatic rings. The Hall–Kier alpha value is -1.72. The van der Waals surface area contributed by atoms with Gasteiger partial charge in [-0.1, -0.05) is 33.6 Å². The van der Waals surface area contributed by atoms with Gasteiger partial charge >= 0.3 is 6.09 Å². The molecule has 0 fully saturated rings. The Bertz CT molecular complexity index is 632. The number of hydrogen-bond acceptors (Lipinski definition) is 3. The van der Waals surface area contributed by atoms with Gasteiger partial charge in [0.1, 0.15) is 0 Å². The van der Waals surface area contributed by atoms with Crippen LogP contribution < -0.4 is 10.6 Å². The fraction of sp³-hybridized carbons (Fsp3) is 0.133. The van der Waals surface area contributed by atoms with Crippen molar-refractivity contribution in [1.29, 1.82) is 0 Å². The van der Waals surface area contributed by atoms with Crippen LogP contribution in [0.3, 0.4) is 0 Å². The first-order valence-electron chi connectivity index (χ1n) is 6.21. The summed E-state index contributed by atoms with van der Waals surface area (Å²) in [5.41, 5.74) is 2.62. The molecule has 0 aliphatic rings. The summed E-state index contributed by atoms with van der Waals surface area (Å²) in [5.74, 6) is 0. The molecule has 0 unspecified atom stereocenters. The number of amides is 1. The highest BCUT2D eigenvalue weighted by Gasteiger charge is 2.02. The molecule has 0 radical (unpaired) electrons. The minimum absolute atomic E-state index is 0.489. The third-order valence-corrected chi connectivity index (χ3v) is 3.66. The summed E-state index contributed by atoms with van der Waals surface area (Å²) in [6.45, 7) is 0.621. The lowest BCUT2D eigenvalue weighted by atomic mass is 10.2. The van der Waals surface area contributed by atoms with Crippen molar-refractivity contribution < 1.29 is 9.53 Å². The van der Waals surface area contributed by atoms with Gasteiger partial charge < -0.3 is 10.1 Å². The second kappa shape index (κ2) is 7.33. The highest BCUT2D eigenvalue weighted by molar-refractivity contribution is 9.10. The summed E-state index contributed by atoms with van der Waals surface area (Å²) in [5, 5.41) is 6.57. The molecule has 2 aromatic carbocycles. The van der Waals surface area contributed by atoms with Gasteiger partial charge in [-0.05, 0) is 42.0 Å². The van der Waals surface area contributed by atoms with Crippen molar-refractivity contribution >= 4 is 45.0 Å². The Balaban J connectivity index is 1.96. The van der Waals surface area contributed by atoms with Crippen molar-refractivity contribution in [2.24, 2.45) is 0 Å². The zero-order chi connectivity index (χ0) is 15.2. The molecular weight excluding hydrogens is 356 g/mol. The number of carbonyl (C=O) groups excluding carboxylic acids is 1. The fourth-order valence-corrected chi connectivity index (χ4v) is 2.44. The molecule has 0 aliphatic carbocycles. The van der Waals surface area contributed by atoms with Gasteiger partial charge in [0.2, 0.25) is 0 Å². The quantitative estimate of drug-likeness (QED) is 0.806. The minimum Gasteiger partial charge on any atom is -0.453 e. The molecule has 21 heavy (non-hydrogen) atoms. The van der Waals surface area contributed by atoms with Gasteiger partial charge in [0.15, 0.2) is 0 Å². The number of anilines is 2. The van der Waals surface area contributed by atoms with E-state index in [2.05, 4.69) is 31.3 Å². The van der Waals surface area contributed by atoms with Crippen molar-refractivity contribution in [3.63, 3.8) is 0 Å². The lowest BCUT2D eigenvalue weighted by Crippen LogP contribution is -2.10. The fourth-order valence-electron chi connectivity index (χ4n) is 1.70. The van der Waals surface area contributed by atoms with Crippen LogP contribution in [0.25, 0.3) is 0 Å². The number of hydrogen-bond donors (Lipinski definition) is 2. The smallest absolute Gasteiger partial charge is 0.411 e. The predicted octanol–water partition coefficient (Wildman–Crippen LogP) is 4.89. The molecule has 6 heteroatoms. The summed E-state index contributed by atoms with van der Waals surface area (Å²) in [4.78, 5) is 11.1. The first kappa shape index (κ1) is 15.7. The van der Waals surface area contributed by atoms with Gasteiger partial charge in [0, 0.05) is 27.4 Å². The van der Waals surface area contributed by atoms with Gasteiger partial charge in [-0.3, -0.25) is 5.32 Å². The molecule has 1 amide bonds. The maximum absolute atomic E-state index is 11.1. The summed E-state index contributed by atoms with van der Waals surface area (Å²) < 4.78 is 5.48. The zero-order valence-corrected chi connectivity index (χ0v) is 13.7. The van der Waals surface area contributed by atoms with Crippen molar-refractivity contribution in [1.82, 2.24) is 0 Å². The average Bonchev–Trinajstić information content (AvgIpc) is 2.48. The molecular formula is C15H14BrClN2O2. The van der Waals surface area contributed by atoms with Crippen LogP contribution in [-0.2, 0) is 11.3 Å². The van der Waals surface area contributed by atoms with E-state index < -0.39 is 6.09 Å². The number of nitrogens with one attached hydrogen (secondary N) is 2. The molecule has 110 valence electrons. The normalized spacial score (nSPS) is 10.0. The standard InChI is InChI=1S/C15H14BrClN2O2/c1-21-15(20)19-13-6-4-12(5-7-13)18-9-10-2-3-11(16)8-14(10)17/h2-8,18H,9H2,1H3,(H,19,20). The number of methoxy groups -OCH3 is 1. The van der Waals surface area contributed by atoms with Gasteiger partial charge in [-0.25, -0.2) is 4.79 Å². The maximum Gasteiger partial charge on any atom is 0.411 e. The lowest BCUT2D eigenvalue weighted by molar-refractivity contribution is 0.187. The Kier molecular flexibility index (Phi) is 5.47. The summed E-state index contributed by atoms with van der Waals surface area (Å²) >= 11 is 9.54. The van der Waals surface area contributed by atoms with Gasteiger partial charge in [-0.2, -0.15) is 0 Å². The number of rotatable bonds is 4. The largest absolute Gasteiger partial charge is 0.453 e. The van der Waals surface area contributed by atoms with Crippen LogP contribution in [0.15, 0.2) is 46.9 Å². The number of halogens is 2. The lowest BCUT2D eigenvalue weighted by Gasteiger charge is -2.09. The SMILES string of the molecule is COC(=O)Nc1ccc(NCc2ccc(Br)cc2Cl)cc1. The van der Waals surface area contributed by atoms with E-state index in [0.717, 1.165) is 15.7 Å². The van der Waals surface area contributed by atoms with E-state index in [1.165, 1.54) is 7.11 Å². The molecule has 0 aromatic heterocycles. The van der Waals surface area contributed by atoms with Crippen LogP contribution in [-0.4, -0.2) is 13.2 Å². The molecule has 0 atom stereocenters. The minimum atomic E-state index is -0.489. The molecule has 0 spiro atoms. The maximum atomic E-state index is 11.1. The van der Waals surface area contributed by atoms with Crippen LogP contribution >= 0.6 is 27.5 Å². The van der Waals surface area contributed by atoms with E-state index >= 15 is 0 Å². The van der Waals surface area contributed by atoms with E-state index in [1.807, 2.05) is 30.3 Å². The number of carbonyl (C=O) groups is 1. The molecule has 0 saturated carbocycles. The number of benzene rings is 2. The highest BCUT2D eigenvalue weighted by atomic mass is 79.9. The molecule has 0 heterocycles. The van der Waals surface area contributed by atoms with Crippen molar-refractivity contribution in [2.45, 2.75) is 6.54 Å². The van der Waals surface area contributed by atoms with Crippen molar-refractivity contribution in [3.8, 4) is 0 Å². The highest BCUT2D eigenvalue weighted by Crippen LogP contribution is 2.22. The average molecular weight is 370 g/mol. The van der Waals surface area contributed by atoms with Crippen LogP contribution in [0.5, 0.6) is 0 Å². The third kappa shape index (κ3) is 4.65. The van der Waals surface area contributed by atoms with E-state index in [0.29, 0.717) is 17.3 Å². The molecule has 4 nitrogen and oxygen atoms in total. The Labute approximate surface area is 136 Å². The van der Waals surface area contributed by atoms with E-state index in [9.17, 15) is 4.79 Å². The van der Waals surface area contributed by atoms with Crippen LogP contribution in [0.1, 0.15) is 5.56 Å². The second-order valence-electron chi connectivity index (χ2n) is 4.28. The summed E-state index contributed by atoms with van der Waals surface area (Å²) in [6, 6.07) is 13.1. The number of ether oxygens (including phenoxy) is 1. The van der Waals surface area contributed by atoms with Gasteiger partial charge in [0.05, 0.1) is 7.11 Å². The molecule has 0 saturated heterocycles. The second-order valence-corrected chi connectivity index (χ2v) is 5.61. The topological polar surface area (TPSA) is 50.4 Å². The van der Waals surface area contributed by atoms with Crippen LogP contribution in [0, 0.1) is 0 Å². The Morgan fingerprint density at radius 2 is 1.86 bits per heavy atom. The van der Waals surface area contributed by atoms with Crippen LogP contribution in [0.4, 0.5) is 16.2 Å². The summed E-state index contributed by atoms with van der Waals surface area (Å²) in [7, 11) is 1.33. The third-order valence-electron chi connectivity index (χ3n) is 2.81.